The van der Waals surface area contributed by atoms with E-state index < -0.39 is 30.4 Å². The Balaban J connectivity index is 1.59. The lowest BCUT2D eigenvalue weighted by molar-refractivity contribution is -0.154. The van der Waals surface area contributed by atoms with Crippen LogP contribution in [0.5, 0.6) is 0 Å². The summed E-state index contributed by atoms with van der Waals surface area (Å²) < 4.78 is 5.05. The highest BCUT2D eigenvalue weighted by molar-refractivity contribution is 6.01. The van der Waals surface area contributed by atoms with Crippen molar-refractivity contribution in [3.8, 4) is 0 Å². The highest BCUT2D eigenvalue weighted by Crippen LogP contribution is 2.29. The molecule has 4 amide bonds. The van der Waals surface area contributed by atoms with Crippen molar-refractivity contribution >= 4 is 29.5 Å². The average Bonchev–Trinajstić information content (AvgIpc) is 3.25. The summed E-state index contributed by atoms with van der Waals surface area (Å²) in [6.45, 7) is 2.39. The third-order valence-corrected chi connectivity index (χ3v) is 4.62. The summed E-state index contributed by atoms with van der Waals surface area (Å²) in [4.78, 5) is 50.5. The number of imide groups is 1. The molecule has 2 saturated heterocycles. The van der Waals surface area contributed by atoms with Gasteiger partial charge in [0.25, 0.3) is 5.91 Å². The van der Waals surface area contributed by atoms with E-state index in [2.05, 4.69) is 5.32 Å². The fourth-order valence-electron chi connectivity index (χ4n) is 3.21. The maximum atomic E-state index is 12.3. The highest BCUT2D eigenvalue weighted by atomic mass is 16.5. The van der Waals surface area contributed by atoms with Crippen LogP contribution in [0.2, 0.25) is 0 Å². The topological polar surface area (TPSA) is 96.0 Å². The molecule has 8 heteroatoms. The van der Waals surface area contributed by atoms with Gasteiger partial charge in [-0.05, 0) is 18.1 Å². The molecule has 0 spiro atoms. The van der Waals surface area contributed by atoms with Gasteiger partial charge in [-0.15, -0.1) is 0 Å². The van der Waals surface area contributed by atoms with Crippen molar-refractivity contribution in [3.63, 3.8) is 0 Å². The van der Waals surface area contributed by atoms with Crippen LogP contribution in [0.25, 0.3) is 0 Å². The molecule has 1 N–H and O–H groups in total. The number of hydrogen-bond acceptors (Lipinski definition) is 5. The average molecular weight is 359 g/mol. The van der Waals surface area contributed by atoms with Crippen LogP contribution in [-0.4, -0.2) is 55.0 Å². The molecule has 2 fully saturated rings. The molecule has 2 aliphatic heterocycles. The molecule has 8 nitrogen and oxygen atoms in total. The van der Waals surface area contributed by atoms with Crippen LogP contribution in [0.4, 0.5) is 10.5 Å². The lowest BCUT2D eigenvalue weighted by atomic mass is 10.1. The van der Waals surface area contributed by atoms with E-state index in [-0.39, 0.29) is 25.4 Å². The van der Waals surface area contributed by atoms with Gasteiger partial charge in [-0.1, -0.05) is 25.1 Å². The molecule has 3 rings (SSSR count). The van der Waals surface area contributed by atoms with E-state index in [1.165, 1.54) is 0 Å². The molecular weight excluding hydrogens is 338 g/mol. The quantitative estimate of drug-likeness (QED) is 0.781. The third-order valence-electron chi connectivity index (χ3n) is 4.62. The molecule has 2 heterocycles. The monoisotopic (exact) mass is 359 g/mol. The first-order chi connectivity index (χ1) is 12.5. The number of aryl methyl sites for hydroxylation is 1. The van der Waals surface area contributed by atoms with Crippen molar-refractivity contribution in [3.05, 3.63) is 29.8 Å². The molecule has 0 aliphatic carbocycles. The van der Waals surface area contributed by atoms with Gasteiger partial charge in [-0.3, -0.25) is 19.3 Å². The van der Waals surface area contributed by atoms with Crippen molar-refractivity contribution < 1.29 is 23.9 Å². The summed E-state index contributed by atoms with van der Waals surface area (Å²) in [5, 5.41) is 2.51. The van der Waals surface area contributed by atoms with Crippen molar-refractivity contribution in [2.24, 2.45) is 5.92 Å². The fraction of sp³-hybridized carbons (Fsp3) is 0.444. The summed E-state index contributed by atoms with van der Waals surface area (Å²) in [6, 6.07) is 7.10. The smallest absolute Gasteiger partial charge is 0.324 e. The molecule has 1 aromatic carbocycles. The molecule has 26 heavy (non-hydrogen) atoms. The van der Waals surface area contributed by atoms with Gasteiger partial charge in [0.2, 0.25) is 5.91 Å². The molecule has 2 aliphatic rings. The number of nitrogens with one attached hydrogen (secondary N) is 1. The molecule has 1 atom stereocenters. The van der Waals surface area contributed by atoms with Crippen LogP contribution in [0.15, 0.2) is 24.3 Å². The number of nitrogens with zero attached hydrogens (tertiary/aromatic N) is 2. The molecule has 0 unspecified atom stereocenters. The van der Waals surface area contributed by atoms with Gasteiger partial charge in [0.1, 0.15) is 0 Å². The fourth-order valence-corrected chi connectivity index (χ4v) is 3.21. The second-order valence-electron chi connectivity index (χ2n) is 6.27. The standard InChI is InChI=1S/C18H21N3O5/c1-2-12-5-3-4-6-14(12)21-10-13(9-15(21)22)17(24)26-11-16(23)20-8-7-19-18(20)25/h3-6,13H,2,7-11H2,1H3,(H,19,25)/t13-/m0/s1. The Hall–Kier alpha value is -2.90. The zero-order valence-corrected chi connectivity index (χ0v) is 14.6. The van der Waals surface area contributed by atoms with E-state index in [9.17, 15) is 19.2 Å². The first-order valence-corrected chi connectivity index (χ1v) is 8.64. The van der Waals surface area contributed by atoms with Crippen LogP contribution >= 0.6 is 0 Å². The van der Waals surface area contributed by atoms with E-state index in [4.69, 9.17) is 4.74 Å². The van der Waals surface area contributed by atoms with E-state index in [0.717, 1.165) is 22.6 Å². The number of hydrogen-bond donors (Lipinski definition) is 1. The lowest BCUT2D eigenvalue weighted by Crippen LogP contribution is -2.38. The Morgan fingerprint density at radius 1 is 1.27 bits per heavy atom. The Kier molecular flexibility index (Phi) is 5.20. The van der Waals surface area contributed by atoms with Gasteiger partial charge in [0.15, 0.2) is 6.61 Å². The van der Waals surface area contributed by atoms with Gasteiger partial charge in [-0.2, -0.15) is 0 Å². The van der Waals surface area contributed by atoms with E-state index >= 15 is 0 Å². The Morgan fingerprint density at radius 2 is 2.04 bits per heavy atom. The number of urea groups is 1. The Morgan fingerprint density at radius 3 is 2.73 bits per heavy atom. The Labute approximate surface area is 151 Å². The largest absolute Gasteiger partial charge is 0.455 e. The molecular formula is C18H21N3O5. The number of esters is 1. The minimum absolute atomic E-state index is 0.0509. The summed E-state index contributed by atoms with van der Waals surface area (Å²) in [5.74, 6) is -1.92. The second kappa shape index (κ2) is 7.55. The minimum atomic E-state index is -0.618. The van der Waals surface area contributed by atoms with Crippen molar-refractivity contribution in [1.29, 1.82) is 0 Å². The second-order valence-corrected chi connectivity index (χ2v) is 6.27. The SMILES string of the molecule is CCc1ccccc1N1C[C@@H](C(=O)OCC(=O)N2CCNC2=O)CC1=O. The van der Waals surface area contributed by atoms with Gasteiger partial charge >= 0.3 is 12.0 Å². The van der Waals surface area contributed by atoms with Crippen molar-refractivity contribution in [1.82, 2.24) is 10.2 Å². The maximum absolute atomic E-state index is 12.3. The summed E-state index contributed by atoms with van der Waals surface area (Å²) in [5.41, 5.74) is 1.84. The number of para-hydroxylation sites is 1. The van der Waals surface area contributed by atoms with Crippen LogP contribution < -0.4 is 10.2 Å². The summed E-state index contributed by atoms with van der Waals surface area (Å²) in [6.07, 6.45) is 0.830. The van der Waals surface area contributed by atoms with Crippen LogP contribution in [0.1, 0.15) is 18.9 Å². The number of benzene rings is 1. The lowest BCUT2D eigenvalue weighted by Gasteiger charge is -2.19. The summed E-state index contributed by atoms with van der Waals surface area (Å²) >= 11 is 0. The third kappa shape index (κ3) is 3.54. The van der Waals surface area contributed by atoms with Crippen LogP contribution in [0, 0.1) is 5.92 Å². The summed E-state index contributed by atoms with van der Waals surface area (Å²) in [7, 11) is 0. The maximum Gasteiger partial charge on any atom is 0.324 e. The zero-order valence-electron chi connectivity index (χ0n) is 14.6. The normalized spacial score (nSPS) is 19.7. The predicted molar refractivity (Wildman–Crippen MR) is 92.4 cm³/mol. The minimum Gasteiger partial charge on any atom is -0.455 e. The van der Waals surface area contributed by atoms with Crippen molar-refractivity contribution in [2.45, 2.75) is 19.8 Å². The molecule has 0 saturated carbocycles. The number of ether oxygens (including phenoxy) is 1. The highest BCUT2D eigenvalue weighted by Gasteiger charge is 2.37. The number of rotatable bonds is 5. The number of carbonyl (C=O) groups is 4. The molecule has 138 valence electrons. The first-order valence-electron chi connectivity index (χ1n) is 8.64. The van der Waals surface area contributed by atoms with Gasteiger partial charge in [0.05, 0.1) is 5.92 Å². The van der Waals surface area contributed by atoms with E-state index in [1.54, 1.807) is 4.90 Å². The van der Waals surface area contributed by atoms with Crippen molar-refractivity contribution in [2.75, 3.05) is 31.1 Å². The van der Waals surface area contributed by atoms with Crippen LogP contribution in [-0.2, 0) is 25.5 Å². The number of anilines is 1. The number of carbonyl (C=O) groups excluding carboxylic acids is 4. The molecule has 0 aromatic heterocycles. The van der Waals surface area contributed by atoms with E-state index in [0.29, 0.717) is 6.54 Å². The van der Waals surface area contributed by atoms with E-state index in [1.807, 2.05) is 31.2 Å². The van der Waals surface area contributed by atoms with Gasteiger partial charge in [0, 0.05) is 31.7 Å². The zero-order chi connectivity index (χ0) is 18.7. The Bertz CT molecular complexity index is 748. The first kappa shape index (κ1) is 17.9. The van der Waals surface area contributed by atoms with Gasteiger partial charge in [-0.25, -0.2) is 4.79 Å². The predicted octanol–water partition coefficient (Wildman–Crippen LogP) is 0.697. The molecule has 0 radical (unpaired) electrons. The van der Waals surface area contributed by atoms with Crippen LogP contribution in [0.3, 0.4) is 0 Å². The van der Waals surface area contributed by atoms with Gasteiger partial charge < -0.3 is 15.0 Å². The molecule has 1 aromatic rings. The number of amides is 4. The molecule has 0 bridgehead atoms.